The minimum absolute atomic E-state index is 0.263. The van der Waals surface area contributed by atoms with Crippen LogP contribution in [0.1, 0.15) is 29.3 Å². The lowest BCUT2D eigenvalue weighted by Gasteiger charge is -2.32. The van der Waals surface area contributed by atoms with Gasteiger partial charge in [-0.15, -0.1) is 11.3 Å². The number of nitrogens with zero attached hydrogens (tertiary/aromatic N) is 1. The van der Waals surface area contributed by atoms with Crippen LogP contribution in [0, 0.1) is 0 Å². The lowest BCUT2D eigenvalue weighted by Crippen LogP contribution is -2.39. The number of carboxylic acid groups (broad SMARTS) is 1. The third-order valence-corrected chi connectivity index (χ3v) is 6.82. The molecule has 158 valence electrons. The zero-order chi connectivity index (χ0) is 21.3. The molecule has 1 aliphatic heterocycles. The summed E-state index contributed by atoms with van der Waals surface area (Å²) in [6.07, 6.45) is 1.47. The first kappa shape index (κ1) is 20.5. The quantitative estimate of drug-likeness (QED) is 0.596. The Labute approximate surface area is 179 Å². The van der Waals surface area contributed by atoms with Crippen molar-refractivity contribution >= 4 is 27.4 Å². The van der Waals surface area contributed by atoms with Crippen molar-refractivity contribution in [2.24, 2.45) is 0 Å². The summed E-state index contributed by atoms with van der Waals surface area (Å²) < 4.78 is 17.9. The molecule has 7 heteroatoms. The van der Waals surface area contributed by atoms with E-state index in [-0.39, 0.29) is 6.04 Å². The van der Waals surface area contributed by atoms with E-state index in [1.165, 1.54) is 4.70 Å². The number of hydrogen-bond acceptors (Lipinski definition) is 6. The molecule has 6 nitrogen and oxygen atoms in total. The number of rotatable bonds is 7. The van der Waals surface area contributed by atoms with Gasteiger partial charge in [0.05, 0.1) is 27.4 Å². The first-order valence-electron chi connectivity index (χ1n) is 9.84. The van der Waals surface area contributed by atoms with Crippen LogP contribution in [0.25, 0.3) is 10.1 Å². The topological polar surface area (TPSA) is 68.2 Å². The molecule has 0 saturated carbocycles. The van der Waals surface area contributed by atoms with Gasteiger partial charge in [0.1, 0.15) is 11.8 Å². The second-order valence-corrected chi connectivity index (χ2v) is 8.39. The van der Waals surface area contributed by atoms with Crippen molar-refractivity contribution in [3.63, 3.8) is 0 Å². The Morgan fingerprint density at radius 1 is 1.07 bits per heavy atom. The van der Waals surface area contributed by atoms with E-state index in [2.05, 4.69) is 23.1 Å². The van der Waals surface area contributed by atoms with Gasteiger partial charge in [-0.25, -0.2) is 0 Å². The molecule has 4 rings (SSSR count). The van der Waals surface area contributed by atoms with E-state index < -0.39 is 12.0 Å². The number of aliphatic carboxylic acids is 1. The number of benzene rings is 2. The van der Waals surface area contributed by atoms with Crippen LogP contribution in [-0.4, -0.2) is 49.9 Å². The molecule has 30 heavy (non-hydrogen) atoms. The Balaban J connectivity index is 1.92. The SMILES string of the molecule is COc1cc(OC)c(C(c2cc3ccccc3s2)N2CCCC2C(=O)O)cc1OC. The molecular weight excluding hydrogens is 402 g/mol. The molecule has 1 aliphatic rings. The molecule has 1 N–H and O–H groups in total. The first-order chi connectivity index (χ1) is 14.6. The van der Waals surface area contributed by atoms with Gasteiger partial charge >= 0.3 is 5.97 Å². The van der Waals surface area contributed by atoms with Gasteiger partial charge in [-0.05, 0) is 36.4 Å². The highest BCUT2D eigenvalue weighted by atomic mass is 32.1. The van der Waals surface area contributed by atoms with Crippen LogP contribution in [0.2, 0.25) is 0 Å². The van der Waals surface area contributed by atoms with Gasteiger partial charge in [0.2, 0.25) is 0 Å². The van der Waals surface area contributed by atoms with E-state index in [1.54, 1.807) is 38.7 Å². The van der Waals surface area contributed by atoms with Crippen molar-refractivity contribution in [1.82, 2.24) is 4.90 Å². The number of thiophene rings is 1. The van der Waals surface area contributed by atoms with Crippen LogP contribution in [0.15, 0.2) is 42.5 Å². The average Bonchev–Trinajstić information content (AvgIpc) is 3.40. The van der Waals surface area contributed by atoms with E-state index in [0.717, 1.165) is 22.2 Å². The third kappa shape index (κ3) is 3.59. The van der Waals surface area contributed by atoms with Gasteiger partial charge < -0.3 is 19.3 Å². The highest BCUT2D eigenvalue weighted by Gasteiger charge is 2.39. The van der Waals surface area contributed by atoms with Crippen LogP contribution < -0.4 is 14.2 Å². The fourth-order valence-electron chi connectivity index (χ4n) is 4.26. The molecule has 0 amide bonds. The molecule has 1 saturated heterocycles. The van der Waals surface area contributed by atoms with E-state index >= 15 is 0 Å². The summed E-state index contributed by atoms with van der Waals surface area (Å²) in [6.45, 7) is 0.702. The predicted octanol–water partition coefficient (Wildman–Crippen LogP) is 4.57. The Hall–Kier alpha value is -2.77. The Bertz CT molecular complexity index is 1030. The van der Waals surface area contributed by atoms with Crippen molar-refractivity contribution < 1.29 is 24.1 Å². The number of ether oxygens (including phenoxy) is 3. The Morgan fingerprint density at radius 2 is 1.77 bits per heavy atom. The maximum Gasteiger partial charge on any atom is 0.320 e. The summed E-state index contributed by atoms with van der Waals surface area (Å²) >= 11 is 1.68. The Morgan fingerprint density at radius 3 is 2.43 bits per heavy atom. The number of carbonyl (C=O) groups is 1. The van der Waals surface area contributed by atoms with Gasteiger partial charge in [-0.1, -0.05) is 18.2 Å². The van der Waals surface area contributed by atoms with Crippen molar-refractivity contribution in [1.29, 1.82) is 0 Å². The maximum atomic E-state index is 12.0. The number of carboxylic acids is 1. The van der Waals surface area contributed by atoms with Gasteiger partial charge in [0.15, 0.2) is 11.5 Å². The average molecular weight is 428 g/mol. The predicted molar refractivity (Wildman–Crippen MR) is 117 cm³/mol. The lowest BCUT2D eigenvalue weighted by molar-refractivity contribution is -0.142. The van der Waals surface area contributed by atoms with Crippen LogP contribution in [0.4, 0.5) is 0 Å². The van der Waals surface area contributed by atoms with E-state index in [9.17, 15) is 9.90 Å². The van der Waals surface area contributed by atoms with Crippen LogP contribution in [0.3, 0.4) is 0 Å². The monoisotopic (exact) mass is 427 g/mol. The maximum absolute atomic E-state index is 12.0. The molecule has 1 fully saturated rings. The smallest absolute Gasteiger partial charge is 0.320 e. The standard InChI is InChI=1S/C23H25NO5S/c1-27-17-13-19(29-3)18(28-2)12-15(17)22(24-10-6-8-16(24)23(25)26)21-11-14-7-4-5-9-20(14)30-21/h4-5,7,9,11-13,16,22H,6,8,10H2,1-3H3,(H,25,26). The van der Waals surface area contributed by atoms with Gasteiger partial charge in [0.25, 0.3) is 0 Å². The highest BCUT2D eigenvalue weighted by Crippen LogP contribution is 2.46. The molecule has 3 aromatic rings. The number of methoxy groups -OCH3 is 3. The third-order valence-electron chi connectivity index (χ3n) is 5.66. The summed E-state index contributed by atoms with van der Waals surface area (Å²) in [4.78, 5) is 15.2. The van der Waals surface area contributed by atoms with E-state index in [4.69, 9.17) is 14.2 Å². The fourth-order valence-corrected chi connectivity index (χ4v) is 5.47. The highest BCUT2D eigenvalue weighted by molar-refractivity contribution is 7.19. The zero-order valence-corrected chi connectivity index (χ0v) is 18.1. The number of hydrogen-bond donors (Lipinski definition) is 1. The minimum atomic E-state index is -0.793. The van der Waals surface area contributed by atoms with E-state index in [0.29, 0.717) is 30.2 Å². The van der Waals surface area contributed by atoms with Crippen LogP contribution in [-0.2, 0) is 4.79 Å². The van der Waals surface area contributed by atoms with Crippen LogP contribution >= 0.6 is 11.3 Å². The lowest BCUT2D eigenvalue weighted by atomic mass is 10.00. The second kappa shape index (κ2) is 8.53. The zero-order valence-electron chi connectivity index (χ0n) is 17.3. The fraction of sp³-hybridized carbons (Fsp3) is 0.348. The van der Waals surface area contributed by atoms with E-state index in [1.807, 2.05) is 18.2 Å². The Kier molecular flexibility index (Phi) is 5.83. The minimum Gasteiger partial charge on any atom is -0.496 e. The van der Waals surface area contributed by atoms with Gasteiger partial charge in [-0.3, -0.25) is 9.69 Å². The normalized spacial score (nSPS) is 17.8. The summed E-state index contributed by atoms with van der Waals surface area (Å²) in [5, 5.41) is 11.0. The van der Waals surface area contributed by atoms with Crippen molar-refractivity contribution in [3.05, 3.63) is 52.9 Å². The van der Waals surface area contributed by atoms with Crippen molar-refractivity contribution in [2.45, 2.75) is 24.9 Å². The summed E-state index contributed by atoms with van der Waals surface area (Å²) in [6, 6.07) is 13.3. The number of likely N-dealkylation sites (tertiary alicyclic amines) is 1. The largest absolute Gasteiger partial charge is 0.496 e. The molecular formula is C23H25NO5S. The molecule has 0 spiro atoms. The summed E-state index contributed by atoms with van der Waals surface area (Å²) in [5.74, 6) is 1.01. The molecule has 2 aromatic carbocycles. The molecule has 1 aromatic heterocycles. The first-order valence-corrected chi connectivity index (χ1v) is 10.7. The van der Waals surface area contributed by atoms with Crippen molar-refractivity contribution in [3.8, 4) is 17.2 Å². The van der Waals surface area contributed by atoms with Crippen LogP contribution in [0.5, 0.6) is 17.2 Å². The number of fused-ring (bicyclic) bond motifs is 1. The second-order valence-electron chi connectivity index (χ2n) is 7.27. The molecule has 2 heterocycles. The summed E-state index contributed by atoms with van der Waals surface area (Å²) in [5.41, 5.74) is 0.870. The molecule has 0 radical (unpaired) electrons. The van der Waals surface area contributed by atoms with Crippen molar-refractivity contribution in [2.75, 3.05) is 27.9 Å². The molecule has 2 unspecified atom stereocenters. The molecule has 0 aliphatic carbocycles. The molecule has 0 bridgehead atoms. The van der Waals surface area contributed by atoms with Gasteiger partial charge in [-0.2, -0.15) is 0 Å². The van der Waals surface area contributed by atoms with Gasteiger partial charge in [0, 0.05) is 27.8 Å². The molecule has 2 atom stereocenters. The summed E-state index contributed by atoms with van der Waals surface area (Å²) in [7, 11) is 4.80.